The molecule has 2 heterocycles. The van der Waals surface area contributed by atoms with Crippen molar-refractivity contribution in [2.24, 2.45) is 0 Å². The van der Waals surface area contributed by atoms with Crippen molar-refractivity contribution in [3.05, 3.63) is 68.5 Å². The molecule has 2 aliphatic heterocycles. The third-order valence-electron chi connectivity index (χ3n) is 6.00. The Balaban J connectivity index is 0.000000215. The average molecular weight is 579 g/mol. The highest BCUT2D eigenvalue weighted by molar-refractivity contribution is 6.37. The third kappa shape index (κ3) is 6.68. The van der Waals surface area contributed by atoms with E-state index in [2.05, 4.69) is 10.6 Å². The molecule has 2 fully saturated rings. The molecule has 13 heteroatoms. The summed E-state index contributed by atoms with van der Waals surface area (Å²) in [5.41, 5.74) is -1.11. The predicted octanol–water partition coefficient (Wildman–Crippen LogP) is 5.47. The number of benzene rings is 2. The Hall–Kier alpha value is -3.05. The minimum absolute atomic E-state index is 0.0735. The molecule has 2 N–H and O–H groups in total. The Labute approximate surface area is 223 Å². The topological polar surface area (TPSA) is 92.3 Å². The summed E-state index contributed by atoms with van der Waals surface area (Å²) in [6.07, 6.45) is 2.98. The maximum Gasteiger partial charge on any atom is 0.220 e. The Kier molecular flexibility index (Phi) is 9.83. The fraction of sp³-hybridized carbons (Fsp3) is 0.360. The molecule has 2 amide bonds. The zero-order valence-corrected chi connectivity index (χ0v) is 21.1. The minimum Gasteiger partial charge on any atom is -0.346 e. The molecule has 2 aliphatic rings. The van der Waals surface area contributed by atoms with Crippen LogP contribution in [0.3, 0.4) is 0 Å². The second kappa shape index (κ2) is 12.7. The van der Waals surface area contributed by atoms with Crippen LogP contribution >= 0.6 is 23.2 Å². The van der Waals surface area contributed by atoms with Crippen molar-refractivity contribution >= 4 is 46.6 Å². The van der Waals surface area contributed by atoms with Gasteiger partial charge in [0.1, 0.15) is 0 Å². The van der Waals surface area contributed by atoms with Crippen LogP contribution in [-0.4, -0.2) is 35.5 Å². The van der Waals surface area contributed by atoms with Gasteiger partial charge in [0.05, 0.1) is 22.7 Å². The Morgan fingerprint density at radius 1 is 0.711 bits per heavy atom. The summed E-state index contributed by atoms with van der Waals surface area (Å²) in [6, 6.07) is 2.98. The molecule has 0 saturated carbocycles. The summed E-state index contributed by atoms with van der Waals surface area (Å²) in [5, 5.41) is 5.71. The monoisotopic (exact) mass is 578 g/mol. The van der Waals surface area contributed by atoms with E-state index in [-0.39, 0.29) is 24.5 Å². The zero-order valence-electron chi connectivity index (χ0n) is 19.6. The summed E-state index contributed by atoms with van der Waals surface area (Å²) in [6.45, 7) is 0. The zero-order chi connectivity index (χ0) is 28.1. The number of carbonyl (C=O) groups excluding carboxylic acids is 4. The van der Waals surface area contributed by atoms with E-state index in [0.29, 0.717) is 41.3 Å². The van der Waals surface area contributed by atoms with E-state index in [1.54, 1.807) is 12.1 Å². The van der Waals surface area contributed by atoms with Gasteiger partial charge < -0.3 is 10.6 Å². The van der Waals surface area contributed by atoms with Crippen LogP contribution in [0, 0.1) is 29.1 Å². The van der Waals surface area contributed by atoms with Crippen LogP contribution in [0.1, 0.15) is 65.7 Å². The van der Waals surface area contributed by atoms with E-state index in [9.17, 15) is 41.1 Å². The lowest BCUT2D eigenvalue weighted by atomic mass is 9.96. The van der Waals surface area contributed by atoms with Gasteiger partial charge in [-0.25, -0.2) is 22.0 Å². The van der Waals surface area contributed by atoms with Crippen molar-refractivity contribution in [3.63, 3.8) is 0 Å². The molecule has 0 bridgehead atoms. The molecule has 6 nitrogen and oxygen atoms in total. The summed E-state index contributed by atoms with van der Waals surface area (Å²) >= 11 is 11.7. The molecule has 2 saturated heterocycles. The number of piperidine rings is 1. The van der Waals surface area contributed by atoms with Gasteiger partial charge >= 0.3 is 0 Å². The molecule has 38 heavy (non-hydrogen) atoms. The highest BCUT2D eigenvalue weighted by Crippen LogP contribution is 2.26. The molecule has 2 unspecified atom stereocenters. The van der Waals surface area contributed by atoms with Gasteiger partial charge in [0.25, 0.3) is 0 Å². The van der Waals surface area contributed by atoms with Gasteiger partial charge in [0.2, 0.25) is 17.6 Å². The van der Waals surface area contributed by atoms with Gasteiger partial charge in [-0.2, -0.15) is 0 Å². The number of amides is 2. The van der Waals surface area contributed by atoms with Crippen molar-refractivity contribution in [3.8, 4) is 0 Å². The second-order valence-electron chi connectivity index (χ2n) is 8.68. The van der Waals surface area contributed by atoms with E-state index in [1.807, 2.05) is 0 Å². The first-order valence-electron chi connectivity index (χ1n) is 11.6. The van der Waals surface area contributed by atoms with E-state index in [0.717, 1.165) is 6.42 Å². The summed E-state index contributed by atoms with van der Waals surface area (Å²) in [4.78, 5) is 46.7. The van der Waals surface area contributed by atoms with Gasteiger partial charge in [-0.15, -0.1) is 0 Å². The van der Waals surface area contributed by atoms with Crippen LogP contribution in [-0.2, 0) is 9.59 Å². The molecule has 2 aromatic carbocycles. The average Bonchev–Trinajstić information content (AvgIpc) is 3.10. The first-order chi connectivity index (χ1) is 17.9. The van der Waals surface area contributed by atoms with Crippen molar-refractivity contribution in [2.45, 2.75) is 57.0 Å². The second-order valence-corrected chi connectivity index (χ2v) is 9.52. The molecule has 2 aromatic rings. The Bertz CT molecular complexity index is 1260. The lowest BCUT2D eigenvalue weighted by molar-refractivity contribution is -0.123. The van der Waals surface area contributed by atoms with Gasteiger partial charge in [-0.05, 0) is 43.9 Å². The predicted molar refractivity (Wildman–Crippen MR) is 128 cm³/mol. The van der Waals surface area contributed by atoms with Crippen LogP contribution in [0.5, 0.6) is 0 Å². The van der Waals surface area contributed by atoms with E-state index in [4.69, 9.17) is 23.2 Å². The lowest BCUT2D eigenvalue weighted by Gasteiger charge is -2.22. The quantitative estimate of drug-likeness (QED) is 0.218. The maximum atomic E-state index is 13.6. The Morgan fingerprint density at radius 3 is 1.79 bits per heavy atom. The van der Waals surface area contributed by atoms with Crippen LogP contribution in [0.25, 0.3) is 0 Å². The maximum absolute atomic E-state index is 13.6. The molecule has 2 atom stereocenters. The smallest absolute Gasteiger partial charge is 0.220 e. The highest BCUT2D eigenvalue weighted by atomic mass is 35.5. The van der Waals surface area contributed by atoms with Crippen molar-refractivity contribution in [1.82, 2.24) is 10.6 Å². The van der Waals surface area contributed by atoms with Crippen molar-refractivity contribution in [1.29, 1.82) is 0 Å². The van der Waals surface area contributed by atoms with Gasteiger partial charge in [-0.3, -0.25) is 19.2 Å². The number of rotatable bonds is 4. The normalized spacial score (nSPS) is 19.4. The first kappa shape index (κ1) is 29.5. The summed E-state index contributed by atoms with van der Waals surface area (Å²) in [7, 11) is 0. The molecule has 0 spiro atoms. The molecular formula is C25H21Cl2F5N2O4. The van der Waals surface area contributed by atoms with E-state index in [1.165, 1.54) is 6.07 Å². The Morgan fingerprint density at radius 2 is 1.21 bits per heavy atom. The summed E-state index contributed by atoms with van der Waals surface area (Å²) < 4.78 is 66.2. The van der Waals surface area contributed by atoms with Crippen LogP contribution in [0.4, 0.5) is 22.0 Å². The molecule has 204 valence electrons. The number of halogens is 7. The minimum atomic E-state index is -2.33. The van der Waals surface area contributed by atoms with E-state index < -0.39 is 58.4 Å². The number of ketones is 2. The SMILES string of the molecule is O=C1CCCC(C(=O)c2ccc(Cl)cc2Cl)N1.O=C1CCCCC(C(=O)c2c(F)c(F)c(F)c(F)c2F)N1. The van der Waals surface area contributed by atoms with Gasteiger partial charge in [-0.1, -0.05) is 29.6 Å². The number of Topliss-reactive ketones (excluding diaryl/α,β-unsaturated/α-hetero) is 2. The van der Waals surface area contributed by atoms with Crippen LogP contribution < -0.4 is 10.6 Å². The highest BCUT2D eigenvalue weighted by Gasteiger charge is 2.34. The molecule has 0 radical (unpaired) electrons. The van der Waals surface area contributed by atoms with Gasteiger partial charge in [0.15, 0.2) is 34.8 Å². The van der Waals surface area contributed by atoms with Crippen LogP contribution in [0.2, 0.25) is 10.0 Å². The largest absolute Gasteiger partial charge is 0.346 e. The number of hydrogen-bond acceptors (Lipinski definition) is 4. The van der Waals surface area contributed by atoms with E-state index >= 15 is 0 Å². The number of carbonyl (C=O) groups is 4. The molecule has 4 rings (SSSR count). The summed E-state index contributed by atoms with van der Waals surface area (Å²) in [5.74, 6) is -13.1. The molecule has 0 aromatic heterocycles. The third-order valence-corrected chi connectivity index (χ3v) is 6.55. The fourth-order valence-corrected chi connectivity index (χ4v) is 4.55. The molecular weight excluding hydrogens is 558 g/mol. The van der Waals surface area contributed by atoms with Gasteiger partial charge in [0, 0.05) is 23.4 Å². The lowest BCUT2D eigenvalue weighted by Crippen LogP contribution is -2.44. The standard InChI is InChI=1S/C13H10F5NO2.C12H11Cl2NO2/c14-8-7(9(15)11(17)12(18)10(8)16)13(21)5-3-1-2-4-6(20)19-5;13-7-4-5-8(9(14)6-7)12(17)10-2-1-3-11(16)15-10/h5H,1-4H2,(H,19,20);4-6,10H,1-3H2,(H,15,16). The van der Waals surface area contributed by atoms with Crippen molar-refractivity contribution in [2.75, 3.05) is 0 Å². The fourth-order valence-electron chi connectivity index (χ4n) is 4.04. The number of nitrogens with one attached hydrogen (secondary N) is 2. The van der Waals surface area contributed by atoms with Crippen LogP contribution in [0.15, 0.2) is 18.2 Å². The first-order valence-corrected chi connectivity index (χ1v) is 12.3. The van der Waals surface area contributed by atoms with Crippen molar-refractivity contribution < 1.29 is 41.1 Å². The molecule has 0 aliphatic carbocycles. The number of hydrogen-bond donors (Lipinski definition) is 2.